The van der Waals surface area contributed by atoms with Crippen LogP contribution >= 0.6 is 0 Å². The molecule has 3 nitrogen and oxygen atoms in total. The molecule has 1 heterocycles. The van der Waals surface area contributed by atoms with Crippen LogP contribution in [0.1, 0.15) is 27.7 Å². The standard InChI is InChI=1S/C36H32BNO2/c1-35(2)36(3,4)40-37(39-35)29-17-20-33-27(22-29)14-15-28-24-32(19-21-34(28)33)38(30-12-6-5-7-13-30)31-18-16-25-10-8-9-11-26(25)23-31/h5-24H,1-4H3. The Hall–Kier alpha value is -4.12. The lowest BCUT2D eigenvalue weighted by atomic mass is 9.78. The van der Waals surface area contributed by atoms with Crippen molar-refractivity contribution in [3.63, 3.8) is 0 Å². The smallest absolute Gasteiger partial charge is 0.399 e. The molecule has 0 aliphatic carbocycles. The molecule has 0 unspecified atom stereocenters. The van der Waals surface area contributed by atoms with Crippen LogP contribution in [-0.4, -0.2) is 18.3 Å². The highest BCUT2D eigenvalue weighted by atomic mass is 16.7. The van der Waals surface area contributed by atoms with Crippen LogP contribution in [0.5, 0.6) is 0 Å². The van der Waals surface area contributed by atoms with Crippen molar-refractivity contribution in [2.75, 3.05) is 4.90 Å². The predicted octanol–water partition coefficient (Wildman–Crippen LogP) is 8.92. The molecule has 0 bridgehead atoms. The van der Waals surface area contributed by atoms with E-state index in [1.54, 1.807) is 0 Å². The molecular formula is C36H32BNO2. The van der Waals surface area contributed by atoms with Gasteiger partial charge in [-0.3, -0.25) is 0 Å². The Labute approximate surface area is 236 Å². The molecule has 0 amide bonds. The van der Waals surface area contributed by atoms with Crippen molar-refractivity contribution in [2.24, 2.45) is 0 Å². The lowest BCUT2D eigenvalue weighted by molar-refractivity contribution is 0.00578. The molecule has 1 fully saturated rings. The second kappa shape index (κ2) is 9.23. The molecule has 1 aliphatic rings. The maximum absolute atomic E-state index is 6.31. The lowest BCUT2D eigenvalue weighted by Crippen LogP contribution is -2.41. The van der Waals surface area contributed by atoms with Crippen molar-refractivity contribution in [3.05, 3.63) is 121 Å². The summed E-state index contributed by atoms with van der Waals surface area (Å²) >= 11 is 0. The number of hydrogen-bond donors (Lipinski definition) is 0. The van der Waals surface area contributed by atoms with Crippen molar-refractivity contribution in [2.45, 2.75) is 38.9 Å². The molecule has 0 radical (unpaired) electrons. The summed E-state index contributed by atoms with van der Waals surface area (Å²) in [6.45, 7) is 8.37. The lowest BCUT2D eigenvalue weighted by Gasteiger charge is -2.32. The van der Waals surface area contributed by atoms with Crippen LogP contribution in [0.4, 0.5) is 17.1 Å². The maximum Gasteiger partial charge on any atom is 0.494 e. The van der Waals surface area contributed by atoms with Crippen LogP contribution in [0.3, 0.4) is 0 Å². The second-order valence-electron chi connectivity index (χ2n) is 11.7. The highest BCUT2D eigenvalue weighted by Crippen LogP contribution is 2.39. The van der Waals surface area contributed by atoms with Gasteiger partial charge in [-0.25, -0.2) is 0 Å². The molecule has 6 aromatic carbocycles. The molecule has 1 aliphatic heterocycles. The van der Waals surface area contributed by atoms with Gasteiger partial charge in [0.25, 0.3) is 0 Å². The highest BCUT2D eigenvalue weighted by molar-refractivity contribution is 6.62. The molecule has 0 saturated carbocycles. The molecule has 0 N–H and O–H groups in total. The summed E-state index contributed by atoms with van der Waals surface area (Å²) in [5.41, 5.74) is 3.72. The zero-order valence-corrected chi connectivity index (χ0v) is 23.4. The van der Waals surface area contributed by atoms with Gasteiger partial charge in [0.1, 0.15) is 0 Å². The zero-order valence-electron chi connectivity index (χ0n) is 23.4. The van der Waals surface area contributed by atoms with Crippen LogP contribution < -0.4 is 10.4 Å². The fraction of sp³-hybridized carbons (Fsp3) is 0.167. The third-order valence-electron chi connectivity index (χ3n) is 8.63. The van der Waals surface area contributed by atoms with Gasteiger partial charge in [-0.05, 0) is 102 Å². The number of hydrogen-bond acceptors (Lipinski definition) is 3. The van der Waals surface area contributed by atoms with Crippen molar-refractivity contribution in [1.82, 2.24) is 0 Å². The minimum Gasteiger partial charge on any atom is -0.399 e. The van der Waals surface area contributed by atoms with E-state index in [9.17, 15) is 0 Å². The van der Waals surface area contributed by atoms with E-state index in [0.717, 1.165) is 22.5 Å². The Morgan fingerprint density at radius 3 is 1.70 bits per heavy atom. The quantitative estimate of drug-likeness (QED) is 0.171. The molecule has 1 saturated heterocycles. The van der Waals surface area contributed by atoms with E-state index in [-0.39, 0.29) is 18.3 Å². The van der Waals surface area contributed by atoms with Crippen LogP contribution in [0.25, 0.3) is 32.3 Å². The number of rotatable bonds is 4. The van der Waals surface area contributed by atoms with Crippen LogP contribution in [0, 0.1) is 0 Å². The van der Waals surface area contributed by atoms with Crippen LogP contribution in [-0.2, 0) is 9.31 Å². The fourth-order valence-corrected chi connectivity index (χ4v) is 5.68. The summed E-state index contributed by atoms with van der Waals surface area (Å²) in [6, 6.07) is 43.5. The summed E-state index contributed by atoms with van der Waals surface area (Å²) < 4.78 is 12.6. The first-order valence-corrected chi connectivity index (χ1v) is 14.0. The summed E-state index contributed by atoms with van der Waals surface area (Å²) in [5.74, 6) is 0. The van der Waals surface area contributed by atoms with Gasteiger partial charge in [-0.15, -0.1) is 0 Å². The summed E-state index contributed by atoms with van der Waals surface area (Å²) in [6.07, 6.45) is 0. The molecular weight excluding hydrogens is 489 g/mol. The van der Waals surface area contributed by atoms with Gasteiger partial charge in [0.05, 0.1) is 11.2 Å². The first kappa shape index (κ1) is 24.9. The fourth-order valence-electron chi connectivity index (χ4n) is 5.68. The van der Waals surface area contributed by atoms with E-state index in [4.69, 9.17) is 9.31 Å². The Balaban J connectivity index is 1.30. The summed E-state index contributed by atoms with van der Waals surface area (Å²) in [4.78, 5) is 2.33. The topological polar surface area (TPSA) is 21.7 Å². The van der Waals surface area contributed by atoms with Crippen molar-refractivity contribution in [3.8, 4) is 0 Å². The van der Waals surface area contributed by atoms with Gasteiger partial charge in [0.15, 0.2) is 0 Å². The van der Waals surface area contributed by atoms with Gasteiger partial charge in [-0.2, -0.15) is 0 Å². The van der Waals surface area contributed by atoms with E-state index >= 15 is 0 Å². The first-order chi connectivity index (χ1) is 19.3. The number of para-hydroxylation sites is 1. The normalized spacial score (nSPS) is 16.1. The summed E-state index contributed by atoms with van der Waals surface area (Å²) in [5, 5.41) is 7.31. The van der Waals surface area contributed by atoms with E-state index in [1.165, 1.54) is 32.3 Å². The minimum atomic E-state index is -0.367. The van der Waals surface area contributed by atoms with E-state index in [2.05, 4.69) is 154 Å². The molecule has 0 atom stereocenters. The first-order valence-electron chi connectivity index (χ1n) is 14.0. The molecule has 4 heteroatoms. The van der Waals surface area contributed by atoms with Crippen LogP contribution in [0.2, 0.25) is 0 Å². The summed E-state index contributed by atoms with van der Waals surface area (Å²) in [7, 11) is -0.367. The van der Waals surface area contributed by atoms with Crippen molar-refractivity contribution >= 4 is 62.0 Å². The average Bonchev–Trinajstić information content (AvgIpc) is 3.19. The SMILES string of the molecule is CC1(C)OB(c2ccc3c(ccc4cc(N(c5ccccc5)c5ccc6ccccc6c5)ccc43)c2)OC1(C)C. The third-order valence-corrected chi connectivity index (χ3v) is 8.63. The van der Waals surface area contributed by atoms with E-state index in [0.29, 0.717) is 0 Å². The monoisotopic (exact) mass is 521 g/mol. The number of benzene rings is 6. The molecule has 0 spiro atoms. The molecule has 196 valence electrons. The predicted molar refractivity (Wildman–Crippen MR) is 169 cm³/mol. The second-order valence-corrected chi connectivity index (χ2v) is 11.7. The van der Waals surface area contributed by atoms with Gasteiger partial charge in [0.2, 0.25) is 0 Å². The highest BCUT2D eigenvalue weighted by Gasteiger charge is 2.51. The number of anilines is 3. The Morgan fingerprint density at radius 2 is 1.00 bits per heavy atom. The Morgan fingerprint density at radius 1 is 0.475 bits per heavy atom. The van der Waals surface area contributed by atoms with Gasteiger partial charge >= 0.3 is 7.12 Å². The third kappa shape index (κ3) is 4.16. The minimum absolute atomic E-state index is 0.359. The Kier molecular flexibility index (Phi) is 5.74. The van der Waals surface area contributed by atoms with Crippen molar-refractivity contribution in [1.29, 1.82) is 0 Å². The molecule has 6 aromatic rings. The number of fused-ring (bicyclic) bond motifs is 4. The Bertz CT molecular complexity index is 1860. The van der Waals surface area contributed by atoms with Gasteiger partial charge < -0.3 is 14.2 Å². The molecule has 7 rings (SSSR count). The number of nitrogens with zero attached hydrogens (tertiary/aromatic N) is 1. The van der Waals surface area contributed by atoms with Crippen LogP contribution in [0.15, 0.2) is 121 Å². The van der Waals surface area contributed by atoms with Gasteiger partial charge in [0, 0.05) is 17.1 Å². The molecule has 0 aromatic heterocycles. The molecule has 40 heavy (non-hydrogen) atoms. The van der Waals surface area contributed by atoms with E-state index < -0.39 is 0 Å². The maximum atomic E-state index is 6.31. The van der Waals surface area contributed by atoms with Crippen molar-refractivity contribution < 1.29 is 9.31 Å². The zero-order chi connectivity index (χ0) is 27.5. The van der Waals surface area contributed by atoms with Gasteiger partial charge in [-0.1, -0.05) is 84.9 Å². The largest absolute Gasteiger partial charge is 0.494 e. The van der Waals surface area contributed by atoms with E-state index in [1.807, 2.05) is 0 Å². The average molecular weight is 521 g/mol.